The van der Waals surface area contributed by atoms with Crippen LogP contribution in [-0.2, 0) is 4.79 Å². The molecule has 3 heteroatoms. The van der Waals surface area contributed by atoms with E-state index >= 15 is 0 Å². The molecule has 0 rings (SSSR count). The molecule has 0 N–H and O–H groups in total. The first-order chi connectivity index (χ1) is 5.54. The third kappa shape index (κ3) is 2.16. The lowest BCUT2D eigenvalue weighted by Gasteiger charge is -2.45. The van der Waals surface area contributed by atoms with Gasteiger partial charge < -0.3 is 4.31 Å². The van der Waals surface area contributed by atoms with Crippen LogP contribution in [0.25, 0.3) is 0 Å². The summed E-state index contributed by atoms with van der Waals surface area (Å²) in [4.78, 5) is 11.2. The largest absolute Gasteiger partial charge is 0.308 e. The molecule has 0 aliphatic carbocycles. The summed E-state index contributed by atoms with van der Waals surface area (Å²) in [7, 11) is 1.13. The van der Waals surface area contributed by atoms with E-state index in [-0.39, 0.29) is 5.91 Å². The molecule has 0 radical (unpaired) electrons. The molecule has 0 saturated heterocycles. The van der Waals surface area contributed by atoms with Crippen LogP contribution >= 0.6 is 10.2 Å². The van der Waals surface area contributed by atoms with Crippen LogP contribution in [0.2, 0.25) is 0 Å². The lowest BCUT2D eigenvalue weighted by Crippen LogP contribution is -2.32. The zero-order valence-electron chi connectivity index (χ0n) is 8.89. The molecule has 0 fully saturated rings. The highest BCUT2D eigenvalue weighted by molar-refractivity contribution is 8.32. The van der Waals surface area contributed by atoms with E-state index in [1.54, 1.807) is 6.92 Å². The van der Waals surface area contributed by atoms with Gasteiger partial charge in [-0.05, 0) is 17.3 Å². The Hall–Kier alpha value is -0.180. The fourth-order valence-corrected chi connectivity index (χ4v) is 4.40. The van der Waals surface area contributed by atoms with Crippen molar-refractivity contribution in [3.8, 4) is 0 Å². The maximum atomic E-state index is 11.2. The lowest BCUT2D eigenvalue weighted by atomic mass is 10.7. The number of amides is 1. The lowest BCUT2D eigenvalue weighted by molar-refractivity contribution is -0.123. The zero-order valence-corrected chi connectivity index (χ0v) is 9.70. The predicted octanol–water partition coefficient (Wildman–Crippen LogP) is 2.24. The van der Waals surface area contributed by atoms with Crippen LogP contribution < -0.4 is 0 Å². The van der Waals surface area contributed by atoms with Gasteiger partial charge in [-0.3, -0.25) is 4.79 Å². The Bertz CT molecular complexity index is 146. The van der Waals surface area contributed by atoms with Crippen LogP contribution in [0.4, 0.5) is 0 Å². The average molecular weight is 191 g/mol. The van der Waals surface area contributed by atoms with Gasteiger partial charge in [-0.2, -0.15) is 10.2 Å². The third-order valence-corrected chi connectivity index (χ3v) is 7.28. The molecule has 0 spiro atoms. The fourth-order valence-electron chi connectivity index (χ4n) is 1.47. The zero-order chi connectivity index (χ0) is 9.78. The highest BCUT2D eigenvalue weighted by Gasteiger charge is 2.24. The number of rotatable bonds is 4. The van der Waals surface area contributed by atoms with Gasteiger partial charge in [0.25, 0.3) is 0 Å². The summed E-state index contributed by atoms with van der Waals surface area (Å²) in [5.41, 5.74) is 0. The Kier molecular flexibility index (Phi) is 4.68. The van der Waals surface area contributed by atoms with E-state index in [1.165, 1.54) is 0 Å². The highest BCUT2D eigenvalue weighted by Crippen LogP contribution is 2.49. The third-order valence-electron chi connectivity index (χ3n) is 2.64. The van der Waals surface area contributed by atoms with Crippen molar-refractivity contribution >= 4 is 16.1 Å². The second kappa shape index (κ2) is 4.75. The molecule has 0 saturated carbocycles. The van der Waals surface area contributed by atoms with Crippen molar-refractivity contribution in [1.29, 1.82) is 0 Å². The molecule has 0 atom stereocenters. The second-order valence-corrected chi connectivity index (χ2v) is 7.16. The minimum absolute atomic E-state index is 0.204. The molecule has 0 aliphatic rings. The van der Waals surface area contributed by atoms with Gasteiger partial charge in [-0.25, -0.2) is 0 Å². The molecule has 0 unspecified atom stereocenters. The van der Waals surface area contributed by atoms with E-state index in [4.69, 9.17) is 0 Å². The van der Waals surface area contributed by atoms with Crippen molar-refractivity contribution in [2.45, 2.75) is 27.7 Å². The molecule has 0 bridgehead atoms. The van der Waals surface area contributed by atoms with Gasteiger partial charge in [-0.1, -0.05) is 20.8 Å². The summed E-state index contributed by atoms with van der Waals surface area (Å²) >= 11 is 0. The van der Waals surface area contributed by atoms with Gasteiger partial charge in [0.1, 0.15) is 0 Å². The summed E-state index contributed by atoms with van der Waals surface area (Å²) in [6.45, 7) is 8.20. The molecule has 12 heavy (non-hydrogen) atoms. The maximum Gasteiger partial charge on any atom is 0.227 e. The molecule has 0 aliphatic heterocycles. The SMILES string of the molecule is CCS(CC)(CC)N(C)C(C)=O. The summed E-state index contributed by atoms with van der Waals surface area (Å²) in [5.74, 6) is 3.57. The number of hydrogen-bond acceptors (Lipinski definition) is 1. The molecule has 0 aromatic rings. The first kappa shape index (κ1) is 11.8. The maximum absolute atomic E-state index is 11.2. The van der Waals surface area contributed by atoms with Crippen molar-refractivity contribution in [3.05, 3.63) is 0 Å². The molecule has 1 amide bonds. The average Bonchev–Trinajstić information content (AvgIpc) is 2.08. The van der Waals surface area contributed by atoms with Gasteiger partial charge in [0.15, 0.2) is 0 Å². The van der Waals surface area contributed by atoms with E-state index in [2.05, 4.69) is 20.8 Å². The normalized spacial score (nSPS) is 12.8. The first-order valence-electron chi connectivity index (χ1n) is 4.54. The van der Waals surface area contributed by atoms with Crippen molar-refractivity contribution < 1.29 is 4.79 Å². The quantitative estimate of drug-likeness (QED) is 0.667. The standard InChI is InChI=1S/C9H21NOS/c1-6-12(7-2,8-3)10(5)9(4)11/h6-8H2,1-5H3. The number of hydrogen-bond donors (Lipinski definition) is 0. The molecule has 74 valence electrons. The van der Waals surface area contributed by atoms with Crippen LogP contribution in [0.1, 0.15) is 27.7 Å². The molecule has 0 aromatic carbocycles. The number of nitrogens with zero attached hydrogens (tertiary/aromatic N) is 1. The van der Waals surface area contributed by atoms with Crippen LogP contribution in [-0.4, -0.2) is 34.5 Å². The van der Waals surface area contributed by atoms with E-state index in [9.17, 15) is 4.79 Å². The smallest absolute Gasteiger partial charge is 0.227 e. The molecule has 0 heterocycles. The Morgan fingerprint density at radius 2 is 1.50 bits per heavy atom. The van der Waals surface area contributed by atoms with E-state index in [0.717, 1.165) is 17.3 Å². The fraction of sp³-hybridized carbons (Fsp3) is 0.889. The predicted molar refractivity (Wildman–Crippen MR) is 57.7 cm³/mol. The Balaban J connectivity index is 4.58. The van der Waals surface area contributed by atoms with E-state index in [1.807, 2.05) is 11.4 Å². The van der Waals surface area contributed by atoms with Crippen LogP contribution in [0.5, 0.6) is 0 Å². The minimum Gasteiger partial charge on any atom is -0.308 e. The number of carbonyl (C=O) groups is 1. The topological polar surface area (TPSA) is 20.3 Å². The minimum atomic E-state index is -0.804. The second-order valence-electron chi connectivity index (χ2n) is 2.88. The summed E-state index contributed by atoms with van der Waals surface area (Å²) in [5, 5.41) is 0. The molecular formula is C9H21NOS. The van der Waals surface area contributed by atoms with Crippen molar-refractivity contribution in [3.63, 3.8) is 0 Å². The van der Waals surface area contributed by atoms with Crippen LogP contribution in [0.3, 0.4) is 0 Å². The molecule has 0 aromatic heterocycles. The van der Waals surface area contributed by atoms with Crippen molar-refractivity contribution in [2.75, 3.05) is 24.3 Å². The Labute approximate surface area is 77.8 Å². The Morgan fingerprint density at radius 3 is 1.58 bits per heavy atom. The molecule has 2 nitrogen and oxygen atoms in total. The van der Waals surface area contributed by atoms with Crippen LogP contribution in [0, 0.1) is 0 Å². The van der Waals surface area contributed by atoms with Crippen molar-refractivity contribution in [1.82, 2.24) is 4.31 Å². The monoisotopic (exact) mass is 191 g/mol. The summed E-state index contributed by atoms with van der Waals surface area (Å²) in [6, 6.07) is 0. The van der Waals surface area contributed by atoms with Gasteiger partial charge in [-0.15, -0.1) is 0 Å². The van der Waals surface area contributed by atoms with E-state index < -0.39 is 10.2 Å². The van der Waals surface area contributed by atoms with Gasteiger partial charge in [0.2, 0.25) is 5.91 Å². The Morgan fingerprint density at radius 1 is 1.17 bits per heavy atom. The summed E-state index contributed by atoms with van der Waals surface area (Å²) in [6.07, 6.45) is 0. The van der Waals surface area contributed by atoms with Crippen molar-refractivity contribution in [2.24, 2.45) is 0 Å². The van der Waals surface area contributed by atoms with Gasteiger partial charge in [0, 0.05) is 14.0 Å². The summed E-state index contributed by atoms with van der Waals surface area (Å²) < 4.78 is 1.97. The first-order valence-corrected chi connectivity index (χ1v) is 6.64. The number of carbonyl (C=O) groups excluding carboxylic acids is 1. The highest BCUT2D eigenvalue weighted by atomic mass is 32.3. The van der Waals surface area contributed by atoms with Crippen LogP contribution in [0.15, 0.2) is 0 Å². The van der Waals surface area contributed by atoms with Gasteiger partial charge in [0.05, 0.1) is 0 Å². The molecular weight excluding hydrogens is 170 g/mol. The van der Waals surface area contributed by atoms with E-state index in [0.29, 0.717) is 0 Å². The van der Waals surface area contributed by atoms with Gasteiger partial charge >= 0.3 is 0 Å².